The van der Waals surface area contributed by atoms with Crippen molar-refractivity contribution in [2.45, 2.75) is 51.4 Å². The summed E-state index contributed by atoms with van der Waals surface area (Å²) in [6.45, 7) is 9.66. The molecule has 0 saturated heterocycles. The van der Waals surface area contributed by atoms with Gasteiger partial charge >= 0.3 is 0 Å². The van der Waals surface area contributed by atoms with E-state index in [1.54, 1.807) is 0 Å². The molecular formula is C57H44N4S. The zero-order valence-electron chi connectivity index (χ0n) is 35.3. The Morgan fingerprint density at radius 1 is 0.403 bits per heavy atom. The van der Waals surface area contributed by atoms with Crippen LogP contribution < -0.4 is 0 Å². The van der Waals surface area contributed by atoms with Crippen molar-refractivity contribution in [1.82, 2.24) is 19.5 Å². The van der Waals surface area contributed by atoms with Crippen LogP contribution in [-0.2, 0) is 10.8 Å². The molecule has 1 aliphatic rings. The first kappa shape index (κ1) is 36.9. The van der Waals surface area contributed by atoms with E-state index >= 15 is 0 Å². The van der Waals surface area contributed by atoms with Crippen molar-refractivity contribution in [1.29, 1.82) is 0 Å². The Bertz CT molecular complexity index is 3590. The average molecular weight is 817 g/mol. The molecule has 0 bridgehead atoms. The van der Waals surface area contributed by atoms with E-state index in [2.05, 4.69) is 184 Å². The third-order valence-electron chi connectivity index (χ3n) is 13.5. The molecule has 3 heterocycles. The molecule has 4 nitrogen and oxygen atoms in total. The van der Waals surface area contributed by atoms with Crippen LogP contribution in [0.2, 0.25) is 0 Å². The molecule has 3 aromatic heterocycles. The number of fused-ring (bicyclic) bond motifs is 8. The fraction of sp³-hybridized carbons (Fsp3) is 0.140. The molecular weight excluding hydrogens is 773 g/mol. The number of hydrogen-bond donors (Lipinski definition) is 0. The summed E-state index contributed by atoms with van der Waals surface area (Å²) >= 11 is 1.84. The van der Waals surface area contributed by atoms with Gasteiger partial charge in [-0.3, -0.25) is 0 Å². The molecule has 12 rings (SSSR count). The average Bonchev–Trinajstić information content (AvgIpc) is 3.85. The van der Waals surface area contributed by atoms with E-state index in [0.29, 0.717) is 17.5 Å². The lowest BCUT2D eigenvalue weighted by Gasteiger charge is -2.42. The molecule has 5 heteroatoms. The van der Waals surface area contributed by atoms with Crippen LogP contribution in [0.5, 0.6) is 0 Å². The van der Waals surface area contributed by atoms with Crippen molar-refractivity contribution in [3.05, 3.63) is 181 Å². The maximum absolute atomic E-state index is 5.31. The highest BCUT2D eigenvalue weighted by Gasteiger charge is 2.38. The Morgan fingerprint density at radius 2 is 1.00 bits per heavy atom. The summed E-state index contributed by atoms with van der Waals surface area (Å²) in [7, 11) is 0. The molecule has 0 fully saturated rings. The van der Waals surface area contributed by atoms with Crippen molar-refractivity contribution >= 4 is 64.1 Å². The highest BCUT2D eigenvalue weighted by atomic mass is 32.1. The van der Waals surface area contributed by atoms with Crippen LogP contribution in [-0.4, -0.2) is 19.5 Å². The predicted octanol–water partition coefficient (Wildman–Crippen LogP) is 15.5. The van der Waals surface area contributed by atoms with Crippen LogP contribution >= 0.6 is 11.3 Å². The van der Waals surface area contributed by atoms with Crippen LogP contribution in [0.1, 0.15) is 51.7 Å². The molecule has 1 aliphatic carbocycles. The lowest BCUT2D eigenvalue weighted by molar-refractivity contribution is 0.332. The molecule has 0 radical (unpaired) electrons. The quantitative estimate of drug-likeness (QED) is 0.174. The Balaban J connectivity index is 1.03. The second-order valence-corrected chi connectivity index (χ2v) is 19.4. The number of rotatable bonds is 5. The minimum Gasteiger partial charge on any atom is -0.309 e. The maximum Gasteiger partial charge on any atom is 0.164 e. The minimum atomic E-state index is 0.0887. The van der Waals surface area contributed by atoms with E-state index in [4.69, 9.17) is 15.0 Å². The minimum absolute atomic E-state index is 0.0887. The first-order valence-corrected chi connectivity index (χ1v) is 22.5. The second kappa shape index (κ2) is 13.8. The van der Waals surface area contributed by atoms with Crippen molar-refractivity contribution in [3.8, 4) is 51.0 Å². The van der Waals surface area contributed by atoms with Gasteiger partial charge in [-0.1, -0.05) is 149 Å². The van der Waals surface area contributed by atoms with Crippen molar-refractivity contribution in [2.75, 3.05) is 0 Å². The van der Waals surface area contributed by atoms with Gasteiger partial charge in [-0.05, 0) is 99.8 Å². The van der Waals surface area contributed by atoms with Crippen molar-refractivity contribution in [3.63, 3.8) is 0 Å². The fourth-order valence-corrected chi connectivity index (χ4v) is 11.2. The third-order valence-corrected chi connectivity index (χ3v) is 14.7. The summed E-state index contributed by atoms with van der Waals surface area (Å²) in [5.74, 6) is 1.94. The lowest BCUT2D eigenvalue weighted by atomic mass is 9.63. The van der Waals surface area contributed by atoms with Crippen LogP contribution in [0.25, 0.3) is 104 Å². The monoisotopic (exact) mass is 816 g/mol. The fourth-order valence-electron chi connectivity index (χ4n) is 10.0. The zero-order valence-corrected chi connectivity index (χ0v) is 36.1. The van der Waals surface area contributed by atoms with Gasteiger partial charge in [0.25, 0.3) is 0 Å². The first-order chi connectivity index (χ1) is 30.2. The number of nitrogens with zero attached hydrogens (tertiary/aromatic N) is 4. The third kappa shape index (κ3) is 5.83. The van der Waals surface area contributed by atoms with Gasteiger partial charge in [0, 0.05) is 53.0 Å². The maximum atomic E-state index is 5.31. The smallest absolute Gasteiger partial charge is 0.164 e. The predicted molar refractivity (Wildman–Crippen MR) is 262 cm³/mol. The molecule has 0 spiro atoms. The number of hydrogen-bond acceptors (Lipinski definition) is 4. The number of para-hydroxylation sites is 1. The standard InChI is InChI=1S/C57H44N4S/c1-56(2)29-30-57(3,4)47-34-50-45(33-46(47)56)41-21-10-12-23-48(41)61(50)49-28-27-44(39-19-8-9-20-40(39)49)55-59-53(35-15-6-5-7-16-35)58-54(60-55)38-18-14-17-36(31-38)37-25-26-43-42-22-11-13-24-51(42)62-52(43)32-37/h5-28,31-34H,29-30H2,1-4H3. The van der Waals surface area contributed by atoms with E-state index in [0.717, 1.165) is 38.7 Å². The Kier molecular flexibility index (Phi) is 8.20. The van der Waals surface area contributed by atoms with Gasteiger partial charge < -0.3 is 4.57 Å². The zero-order chi connectivity index (χ0) is 41.7. The molecule has 0 saturated carbocycles. The molecule has 0 amide bonds. The van der Waals surface area contributed by atoms with E-state index < -0.39 is 0 Å². The topological polar surface area (TPSA) is 43.6 Å². The van der Waals surface area contributed by atoms with Gasteiger partial charge in [0.05, 0.1) is 16.7 Å². The first-order valence-electron chi connectivity index (χ1n) is 21.6. The molecule has 0 aliphatic heterocycles. The van der Waals surface area contributed by atoms with Gasteiger partial charge in [0.2, 0.25) is 0 Å². The molecule has 11 aromatic rings. The molecule has 8 aromatic carbocycles. The number of thiophene rings is 1. The largest absolute Gasteiger partial charge is 0.309 e. The summed E-state index contributed by atoms with van der Waals surface area (Å²) in [6.07, 6.45) is 2.35. The van der Waals surface area contributed by atoms with E-state index in [1.807, 2.05) is 29.5 Å². The molecule has 0 unspecified atom stereocenters. The van der Waals surface area contributed by atoms with E-state index in [9.17, 15) is 0 Å². The molecule has 0 atom stereocenters. The lowest BCUT2D eigenvalue weighted by Crippen LogP contribution is -2.33. The van der Waals surface area contributed by atoms with Crippen molar-refractivity contribution < 1.29 is 0 Å². The van der Waals surface area contributed by atoms with E-state index in [-0.39, 0.29) is 10.8 Å². The Labute approximate surface area is 365 Å². The van der Waals surface area contributed by atoms with Gasteiger partial charge in [0.1, 0.15) is 0 Å². The summed E-state index contributed by atoms with van der Waals surface area (Å²) in [5.41, 5.74) is 11.9. The van der Waals surface area contributed by atoms with Crippen LogP contribution in [0, 0.1) is 0 Å². The van der Waals surface area contributed by atoms with Crippen LogP contribution in [0.4, 0.5) is 0 Å². The number of aromatic nitrogens is 4. The molecule has 62 heavy (non-hydrogen) atoms. The van der Waals surface area contributed by atoms with Crippen LogP contribution in [0.3, 0.4) is 0 Å². The Hall–Kier alpha value is -6.95. The van der Waals surface area contributed by atoms with E-state index in [1.165, 1.54) is 71.5 Å². The van der Waals surface area contributed by atoms with Gasteiger partial charge in [-0.15, -0.1) is 11.3 Å². The summed E-state index contributed by atoms with van der Waals surface area (Å²) in [5, 5.41) is 7.42. The second-order valence-electron chi connectivity index (χ2n) is 18.3. The van der Waals surface area contributed by atoms with Gasteiger partial charge in [-0.2, -0.15) is 0 Å². The highest BCUT2D eigenvalue weighted by Crippen LogP contribution is 2.49. The SMILES string of the molecule is CC1(C)CCC(C)(C)c2cc3c(cc21)c1ccccc1n3-c1ccc(-c2nc(-c3ccccc3)nc(-c3cccc(-c4ccc5c(c4)sc4ccccc45)c3)n2)c2ccccc12. The van der Waals surface area contributed by atoms with Crippen LogP contribution in [0.15, 0.2) is 170 Å². The summed E-state index contributed by atoms with van der Waals surface area (Å²) < 4.78 is 5.08. The van der Waals surface area contributed by atoms with Gasteiger partial charge in [0.15, 0.2) is 17.5 Å². The highest BCUT2D eigenvalue weighted by molar-refractivity contribution is 7.25. The number of benzene rings is 8. The molecule has 298 valence electrons. The summed E-state index contributed by atoms with van der Waals surface area (Å²) in [6, 6.07) is 61.5. The summed E-state index contributed by atoms with van der Waals surface area (Å²) in [4.78, 5) is 15.7. The Morgan fingerprint density at radius 3 is 1.81 bits per heavy atom. The molecule has 0 N–H and O–H groups in total. The van der Waals surface area contributed by atoms with Crippen molar-refractivity contribution in [2.24, 2.45) is 0 Å². The van der Waals surface area contributed by atoms with Gasteiger partial charge in [-0.25, -0.2) is 15.0 Å². The normalized spacial score (nSPS) is 14.6.